The van der Waals surface area contributed by atoms with Crippen molar-refractivity contribution >= 4 is 18.4 Å². The minimum Gasteiger partial charge on any atom is -0.464 e. The monoisotopic (exact) mass is 181 g/mol. The van der Waals surface area contributed by atoms with Crippen LogP contribution in [0.2, 0.25) is 0 Å². The Labute approximate surface area is 71.6 Å². The summed E-state index contributed by atoms with van der Waals surface area (Å²) in [5.41, 5.74) is 2.61. The molecule has 0 aromatic rings. The van der Waals surface area contributed by atoms with Crippen molar-refractivity contribution in [3.8, 4) is 0 Å². The lowest BCUT2D eigenvalue weighted by molar-refractivity contribution is -0.156. The number of ether oxygens (including phenoxy) is 1. The highest BCUT2D eigenvalue weighted by molar-refractivity contribution is 5.85. The van der Waals surface area contributed by atoms with Crippen molar-refractivity contribution in [2.45, 2.75) is 19.4 Å². The van der Waals surface area contributed by atoms with Crippen LogP contribution in [0.15, 0.2) is 0 Å². The first-order chi connectivity index (χ1) is 4.84. The fraction of sp³-hybridized carbons (Fsp3) is 0.833. The molecule has 66 valence electrons. The molecule has 1 saturated heterocycles. The van der Waals surface area contributed by atoms with Crippen molar-refractivity contribution in [1.29, 1.82) is 0 Å². The van der Waals surface area contributed by atoms with Gasteiger partial charge in [0.1, 0.15) is 0 Å². The molecule has 0 aromatic heterocycles. The summed E-state index contributed by atoms with van der Waals surface area (Å²) < 4.78 is 4.72. The summed E-state index contributed by atoms with van der Waals surface area (Å²) >= 11 is 0. The van der Waals surface area contributed by atoms with Gasteiger partial charge in [-0.05, 0) is 6.92 Å². The van der Waals surface area contributed by atoms with Gasteiger partial charge in [0.2, 0.25) is 0 Å². The highest BCUT2D eigenvalue weighted by Gasteiger charge is 2.24. The molecule has 1 N–H and O–H groups in total. The molecule has 1 atom stereocenters. The number of carbonyl (C=O) groups is 1. The van der Waals surface area contributed by atoms with Crippen LogP contribution in [0.1, 0.15) is 13.3 Å². The number of hydrogen-bond donors (Lipinski definition) is 1. The smallest absolute Gasteiger partial charge is 0.337 e. The van der Waals surface area contributed by atoms with Crippen molar-refractivity contribution in [2.24, 2.45) is 0 Å². The molecule has 11 heavy (non-hydrogen) atoms. The largest absolute Gasteiger partial charge is 0.464 e. The molecule has 0 aliphatic carbocycles. The average molecular weight is 182 g/mol. The van der Waals surface area contributed by atoms with Gasteiger partial charge in [-0.25, -0.2) is 10.3 Å². The van der Waals surface area contributed by atoms with Gasteiger partial charge in [0.15, 0.2) is 6.10 Å². The molecule has 0 spiro atoms. The molecule has 5 heteroatoms. The molecule has 0 aromatic carbocycles. The van der Waals surface area contributed by atoms with E-state index in [1.54, 1.807) is 6.92 Å². The van der Waals surface area contributed by atoms with Crippen LogP contribution in [-0.2, 0) is 14.4 Å². The minimum absolute atomic E-state index is 0. The third-order valence-corrected chi connectivity index (χ3v) is 1.28. The van der Waals surface area contributed by atoms with Crippen LogP contribution in [0, 0.1) is 0 Å². The third kappa shape index (κ3) is 3.05. The Bertz CT molecular complexity index is 125. The quantitative estimate of drug-likeness (QED) is 0.621. The number of rotatable bonds is 2. The van der Waals surface area contributed by atoms with Crippen LogP contribution in [0.25, 0.3) is 0 Å². The summed E-state index contributed by atoms with van der Waals surface area (Å²) in [5.74, 6) is -0.271. The summed E-state index contributed by atoms with van der Waals surface area (Å²) in [6, 6.07) is 0. The van der Waals surface area contributed by atoms with Gasteiger partial charge in [-0.15, -0.1) is 12.4 Å². The molecule has 4 nitrogen and oxygen atoms in total. The highest BCUT2D eigenvalue weighted by Crippen LogP contribution is 2.04. The summed E-state index contributed by atoms with van der Waals surface area (Å²) in [6.45, 7) is 2.92. The molecular weight excluding hydrogens is 170 g/mol. The van der Waals surface area contributed by atoms with E-state index in [2.05, 4.69) is 5.48 Å². The Hall–Kier alpha value is -0.320. The first-order valence-electron chi connectivity index (χ1n) is 3.39. The topological polar surface area (TPSA) is 47.6 Å². The van der Waals surface area contributed by atoms with Gasteiger partial charge in [0, 0.05) is 13.0 Å². The zero-order valence-corrected chi connectivity index (χ0v) is 7.15. The van der Waals surface area contributed by atoms with E-state index in [1.807, 2.05) is 0 Å². The standard InChI is InChI=1S/C6H11NO3.ClH/c1-2-9-6(8)5-3-4-7-10-5;/h5,7H,2-4H2,1H3;1H. The van der Waals surface area contributed by atoms with Gasteiger partial charge in [-0.2, -0.15) is 0 Å². The minimum atomic E-state index is -0.389. The van der Waals surface area contributed by atoms with E-state index in [1.165, 1.54) is 0 Å². The van der Waals surface area contributed by atoms with E-state index in [9.17, 15) is 4.79 Å². The van der Waals surface area contributed by atoms with Gasteiger partial charge in [-0.1, -0.05) is 0 Å². The number of nitrogens with one attached hydrogen (secondary N) is 1. The molecule has 1 aliphatic rings. The van der Waals surface area contributed by atoms with Crippen LogP contribution in [-0.4, -0.2) is 25.2 Å². The van der Waals surface area contributed by atoms with Crippen LogP contribution in [0.5, 0.6) is 0 Å². The molecular formula is C6H12ClNO3. The average Bonchev–Trinajstić information content (AvgIpc) is 2.38. The molecule has 1 fully saturated rings. The molecule has 0 bridgehead atoms. The van der Waals surface area contributed by atoms with Crippen molar-refractivity contribution in [1.82, 2.24) is 5.48 Å². The predicted octanol–water partition coefficient (Wildman–Crippen LogP) is 0.265. The maximum absolute atomic E-state index is 10.9. The number of hydrogen-bond acceptors (Lipinski definition) is 4. The maximum Gasteiger partial charge on any atom is 0.337 e. The van der Waals surface area contributed by atoms with Crippen LogP contribution in [0.3, 0.4) is 0 Å². The Morgan fingerprint density at radius 3 is 3.00 bits per heavy atom. The van der Waals surface area contributed by atoms with E-state index in [-0.39, 0.29) is 24.5 Å². The predicted molar refractivity (Wildman–Crippen MR) is 41.4 cm³/mol. The number of halogens is 1. The Balaban J connectivity index is 0.000001000. The van der Waals surface area contributed by atoms with E-state index >= 15 is 0 Å². The van der Waals surface area contributed by atoms with Gasteiger partial charge < -0.3 is 4.74 Å². The summed E-state index contributed by atoms with van der Waals surface area (Å²) in [4.78, 5) is 15.7. The van der Waals surface area contributed by atoms with Gasteiger partial charge >= 0.3 is 5.97 Å². The fourth-order valence-corrected chi connectivity index (χ4v) is 0.810. The normalized spacial score (nSPS) is 22.5. The van der Waals surface area contributed by atoms with Crippen molar-refractivity contribution < 1.29 is 14.4 Å². The summed E-state index contributed by atoms with van der Waals surface area (Å²) in [5, 5.41) is 0. The summed E-state index contributed by atoms with van der Waals surface area (Å²) in [7, 11) is 0. The number of esters is 1. The second-order valence-corrected chi connectivity index (χ2v) is 2.04. The third-order valence-electron chi connectivity index (χ3n) is 1.28. The van der Waals surface area contributed by atoms with Crippen molar-refractivity contribution in [3.05, 3.63) is 0 Å². The van der Waals surface area contributed by atoms with Gasteiger partial charge in [0.25, 0.3) is 0 Å². The zero-order chi connectivity index (χ0) is 7.40. The molecule has 0 radical (unpaired) electrons. The Morgan fingerprint density at radius 1 is 1.82 bits per heavy atom. The fourth-order valence-electron chi connectivity index (χ4n) is 0.810. The molecule has 0 saturated carbocycles. The second-order valence-electron chi connectivity index (χ2n) is 2.04. The van der Waals surface area contributed by atoms with E-state index in [0.29, 0.717) is 13.0 Å². The zero-order valence-electron chi connectivity index (χ0n) is 6.33. The molecule has 1 heterocycles. The van der Waals surface area contributed by atoms with E-state index in [0.717, 1.165) is 6.54 Å². The highest BCUT2D eigenvalue weighted by atomic mass is 35.5. The lowest BCUT2D eigenvalue weighted by Crippen LogP contribution is -2.23. The number of hydroxylamine groups is 1. The first-order valence-corrected chi connectivity index (χ1v) is 3.39. The molecule has 1 rings (SSSR count). The molecule has 1 unspecified atom stereocenters. The van der Waals surface area contributed by atoms with E-state index < -0.39 is 0 Å². The van der Waals surface area contributed by atoms with Crippen LogP contribution >= 0.6 is 12.4 Å². The SMILES string of the molecule is CCOC(=O)C1CCNO1.Cl. The van der Waals surface area contributed by atoms with E-state index in [4.69, 9.17) is 9.57 Å². The summed E-state index contributed by atoms with van der Waals surface area (Å²) in [6.07, 6.45) is 0.318. The Kier molecular flexibility index (Phi) is 5.19. The first kappa shape index (κ1) is 10.7. The maximum atomic E-state index is 10.9. The van der Waals surface area contributed by atoms with Crippen molar-refractivity contribution in [2.75, 3.05) is 13.2 Å². The van der Waals surface area contributed by atoms with Crippen LogP contribution < -0.4 is 5.48 Å². The van der Waals surface area contributed by atoms with Crippen LogP contribution in [0.4, 0.5) is 0 Å². The molecule has 0 amide bonds. The molecule has 1 aliphatic heterocycles. The second kappa shape index (κ2) is 5.35. The Morgan fingerprint density at radius 2 is 2.55 bits per heavy atom. The lowest BCUT2D eigenvalue weighted by atomic mass is 10.3. The number of carbonyl (C=O) groups excluding carboxylic acids is 1. The van der Waals surface area contributed by atoms with Crippen molar-refractivity contribution in [3.63, 3.8) is 0 Å². The van der Waals surface area contributed by atoms with Gasteiger partial charge in [0.05, 0.1) is 6.61 Å². The van der Waals surface area contributed by atoms with Gasteiger partial charge in [-0.3, -0.25) is 4.84 Å². The lowest BCUT2D eigenvalue weighted by Gasteiger charge is -2.05.